The van der Waals surface area contributed by atoms with Gasteiger partial charge < -0.3 is 14.2 Å². The van der Waals surface area contributed by atoms with Gasteiger partial charge in [-0.25, -0.2) is 9.59 Å². The summed E-state index contributed by atoms with van der Waals surface area (Å²) in [6, 6.07) is 12.6. The molecule has 0 atom stereocenters. The molecule has 0 saturated carbocycles. The van der Waals surface area contributed by atoms with Gasteiger partial charge >= 0.3 is 11.9 Å². The van der Waals surface area contributed by atoms with Crippen LogP contribution in [0.1, 0.15) is 26.3 Å². The van der Waals surface area contributed by atoms with Gasteiger partial charge in [0.15, 0.2) is 0 Å². The number of ether oxygens (including phenoxy) is 3. The average molecular weight is 284 g/mol. The molecule has 1 heterocycles. The molecule has 1 aliphatic rings. The lowest BCUT2D eigenvalue weighted by Crippen LogP contribution is -2.02. The standard InChI is InChI=1S/C16H12O5/c1-19-11-7-12-14(16(18)21-15(12)17)13(8-11)20-9-10-5-3-2-4-6-10/h2-8H,9H2,1H3. The number of rotatable bonds is 4. The normalized spacial score (nSPS) is 12.8. The van der Waals surface area contributed by atoms with Crippen LogP contribution in [0.4, 0.5) is 0 Å². The van der Waals surface area contributed by atoms with Crippen LogP contribution in [0.25, 0.3) is 0 Å². The number of esters is 2. The number of benzene rings is 2. The minimum absolute atomic E-state index is 0.150. The summed E-state index contributed by atoms with van der Waals surface area (Å²) < 4.78 is 15.4. The lowest BCUT2D eigenvalue weighted by molar-refractivity contribution is 0.0442. The van der Waals surface area contributed by atoms with Crippen LogP contribution in [-0.2, 0) is 11.3 Å². The van der Waals surface area contributed by atoms with Crippen molar-refractivity contribution >= 4 is 11.9 Å². The highest BCUT2D eigenvalue weighted by molar-refractivity contribution is 6.16. The summed E-state index contributed by atoms with van der Waals surface area (Å²) in [4.78, 5) is 23.4. The summed E-state index contributed by atoms with van der Waals surface area (Å²) in [5.41, 5.74) is 1.27. The van der Waals surface area contributed by atoms with E-state index in [1.165, 1.54) is 13.2 Å². The van der Waals surface area contributed by atoms with E-state index in [-0.39, 0.29) is 23.5 Å². The minimum Gasteiger partial charge on any atom is -0.497 e. The smallest absolute Gasteiger partial charge is 0.350 e. The van der Waals surface area contributed by atoms with Gasteiger partial charge in [0.25, 0.3) is 0 Å². The number of carbonyl (C=O) groups excluding carboxylic acids is 2. The quantitative estimate of drug-likeness (QED) is 0.638. The first-order chi connectivity index (χ1) is 10.2. The lowest BCUT2D eigenvalue weighted by Gasteiger charge is -2.10. The van der Waals surface area contributed by atoms with Crippen LogP contribution in [0.2, 0.25) is 0 Å². The predicted octanol–water partition coefficient (Wildman–Crippen LogP) is 2.58. The maximum atomic E-state index is 11.7. The van der Waals surface area contributed by atoms with Crippen LogP contribution < -0.4 is 9.47 Å². The van der Waals surface area contributed by atoms with Gasteiger partial charge in [-0.05, 0) is 11.6 Å². The van der Waals surface area contributed by atoms with Crippen LogP contribution in [0.3, 0.4) is 0 Å². The van der Waals surface area contributed by atoms with E-state index in [2.05, 4.69) is 4.74 Å². The number of cyclic esters (lactones) is 2. The molecule has 0 aromatic heterocycles. The Morgan fingerprint density at radius 1 is 1.05 bits per heavy atom. The molecule has 0 N–H and O–H groups in total. The molecule has 0 bridgehead atoms. The summed E-state index contributed by atoms with van der Waals surface area (Å²) in [5, 5.41) is 0. The maximum absolute atomic E-state index is 11.7. The van der Waals surface area contributed by atoms with Crippen molar-refractivity contribution in [3.63, 3.8) is 0 Å². The second kappa shape index (κ2) is 5.28. The van der Waals surface area contributed by atoms with Crippen LogP contribution in [0, 0.1) is 0 Å². The van der Waals surface area contributed by atoms with Gasteiger partial charge in [-0.15, -0.1) is 0 Å². The Balaban J connectivity index is 1.94. The van der Waals surface area contributed by atoms with Crippen molar-refractivity contribution in [1.82, 2.24) is 0 Å². The number of fused-ring (bicyclic) bond motifs is 1. The highest BCUT2D eigenvalue weighted by atomic mass is 16.6. The molecule has 5 heteroatoms. The van der Waals surface area contributed by atoms with Crippen molar-refractivity contribution in [3.8, 4) is 11.5 Å². The number of carbonyl (C=O) groups is 2. The topological polar surface area (TPSA) is 61.8 Å². The first-order valence-corrected chi connectivity index (χ1v) is 6.34. The molecule has 0 radical (unpaired) electrons. The van der Waals surface area contributed by atoms with Gasteiger partial charge in [-0.3, -0.25) is 0 Å². The number of hydrogen-bond donors (Lipinski definition) is 0. The third-order valence-corrected chi connectivity index (χ3v) is 3.16. The molecule has 0 amide bonds. The molecule has 5 nitrogen and oxygen atoms in total. The van der Waals surface area contributed by atoms with Crippen LogP contribution >= 0.6 is 0 Å². The molecule has 1 aliphatic heterocycles. The van der Waals surface area contributed by atoms with Crippen LogP contribution in [-0.4, -0.2) is 19.0 Å². The number of methoxy groups -OCH3 is 1. The van der Waals surface area contributed by atoms with Gasteiger partial charge in [0.1, 0.15) is 23.7 Å². The lowest BCUT2D eigenvalue weighted by atomic mass is 10.1. The van der Waals surface area contributed by atoms with E-state index >= 15 is 0 Å². The highest BCUT2D eigenvalue weighted by Crippen LogP contribution is 2.34. The zero-order valence-corrected chi connectivity index (χ0v) is 11.3. The third-order valence-electron chi connectivity index (χ3n) is 3.16. The first-order valence-electron chi connectivity index (χ1n) is 6.34. The van der Waals surface area contributed by atoms with Gasteiger partial charge in [0.05, 0.1) is 12.7 Å². The summed E-state index contributed by atoms with van der Waals surface area (Å²) in [7, 11) is 1.48. The van der Waals surface area contributed by atoms with Gasteiger partial charge in [0.2, 0.25) is 0 Å². The largest absolute Gasteiger partial charge is 0.497 e. The molecule has 0 aliphatic carbocycles. The molecule has 106 valence electrons. The predicted molar refractivity (Wildman–Crippen MR) is 73.5 cm³/mol. The molecular weight excluding hydrogens is 272 g/mol. The zero-order valence-electron chi connectivity index (χ0n) is 11.3. The van der Waals surface area contributed by atoms with Gasteiger partial charge in [-0.2, -0.15) is 0 Å². The van der Waals surface area contributed by atoms with E-state index in [4.69, 9.17) is 9.47 Å². The Kier molecular flexibility index (Phi) is 3.31. The fourth-order valence-electron chi connectivity index (χ4n) is 2.12. The van der Waals surface area contributed by atoms with Crippen molar-refractivity contribution in [3.05, 3.63) is 59.2 Å². The molecule has 0 spiro atoms. The zero-order chi connectivity index (χ0) is 14.8. The van der Waals surface area contributed by atoms with Crippen LogP contribution in [0.5, 0.6) is 11.5 Å². The SMILES string of the molecule is COc1cc(OCc2ccccc2)c2c(c1)C(=O)OC2=O. The molecule has 2 aromatic carbocycles. The first kappa shape index (κ1) is 13.2. The number of hydrogen-bond acceptors (Lipinski definition) is 5. The fraction of sp³-hybridized carbons (Fsp3) is 0.125. The Hall–Kier alpha value is -2.82. The summed E-state index contributed by atoms with van der Waals surface area (Å²) in [6.07, 6.45) is 0. The van der Waals surface area contributed by atoms with Crippen LogP contribution in [0.15, 0.2) is 42.5 Å². The van der Waals surface area contributed by atoms with Crippen molar-refractivity contribution in [2.45, 2.75) is 6.61 Å². The van der Waals surface area contributed by atoms with Crippen molar-refractivity contribution in [1.29, 1.82) is 0 Å². The molecular formula is C16H12O5. The fourth-order valence-corrected chi connectivity index (χ4v) is 2.12. The summed E-state index contributed by atoms with van der Waals surface area (Å²) >= 11 is 0. The highest BCUT2D eigenvalue weighted by Gasteiger charge is 2.34. The Labute approximate surface area is 121 Å². The minimum atomic E-state index is -0.694. The Bertz CT molecular complexity index is 706. The van der Waals surface area contributed by atoms with Crippen molar-refractivity contribution in [2.75, 3.05) is 7.11 Å². The third kappa shape index (κ3) is 2.45. The summed E-state index contributed by atoms with van der Waals surface area (Å²) in [5.74, 6) is -0.660. The summed E-state index contributed by atoms with van der Waals surface area (Å²) in [6.45, 7) is 0.280. The maximum Gasteiger partial charge on any atom is 0.350 e. The molecule has 3 rings (SSSR count). The van der Waals surface area contributed by atoms with Crippen molar-refractivity contribution in [2.24, 2.45) is 0 Å². The van der Waals surface area contributed by atoms with E-state index in [0.717, 1.165) is 5.56 Å². The van der Waals surface area contributed by atoms with Crippen molar-refractivity contribution < 1.29 is 23.8 Å². The molecule has 0 unspecified atom stereocenters. The second-order valence-corrected chi connectivity index (χ2v) is 4.50. The second-order valence-electron chi connectivity index (χ2n) is 4.50. The molecule has 0 saturated heterocycles. The Morgan fingerprint density at radius 3 is 2.52 bits per heavy atom. The van der Waals surface area contributed by atoms with Gasteiger partial charge in [0, 0.05) is 6.07 Å². The van der Waals surface area contributed by atoms with E-state index < -0.39 is 11.9 Å². The molecule has 2 aromatic rings. The van der Waals surface area contributed by atoms with Gasteiger partial charge in [-0.1, -0.05) is 30.3 Å². The van der Waals surface area contributed by atoms with E-state index in [0.29, 0.717) is 5.75 Å². The Morgan fingerprint density at radius 2 is 1.81 bits per heavy atom. The molecule has 0 fully saturated rings. The average Bonchev–Trinajstić information content (AvgIpc) is 2.80. The van der Waals surface area contributed by atoms with E-state index in [1.807, 2.05) is 30.3 Å². The monoisotopic (exact) mass is 284 g/mol. The van der Waals surface area contributed by atoms with E-state index in [9.17, 15) is 9.59 Å². The molecule has 21 heavy (non-hydrogen) atoms. The van der Waals surface area contributed by atoms with E-state index in [1.54, 1.807) is 6.07 Å².